The van der Waals surface area contributed by atoms with E-state index in [1.165, 1.54) is 12.8 Å². The molecule has 0 N–H and O–H groups in total. The van der Waals surface area contributed by atoms with Gasteiger partial charge in [0, 0.05) is 0 Å². The molecule has 2 bridgehead atoms. The minimum atomic E-state index is 0.676. The minimum Gasteiger partial charge on any atom is -0.369 e. The first-order valence-corrected chi connectivity index (χ1v) is 5.24. The summed E-state index contributed by atoms with van der Waals surface area (Å²) in [6.07, 6.45) is 5.58. The molecule has 0 amide bonds. The number of hydrogen-bond acceptors (Lipinski definition) is 2. The summed E-state index contributed by atoms with van der Waals surface area (Å²) in [6, 6.07) is 0. The van der Waals surface area contributed by atoms with Gasteiger partial charge in [-0.15, -0.1) is 0 Å². The highest BCUT2D eigenvalue weighted by Gasteiger charge is 2.74. The van der Waals surface area contributed by atoms with E-state index < -0.39 is 0 Å². The third-order valence-electron chi connectivity index (χ3n) is 4.99. The van der Waals surface area contributed by atoms with Crippen LogP contribution in [0, 0.1) is 23.7 Å². The molecule has 5 fully saturated rings. The van der Waals surface area contributed by atoms with Crippen molar-refractivity contribution in [3.63, 3.8) is 0 Å². The van der Waals surface area contributed by atoms with Crippen LogP contribution < -0.4 is 0 Å². The first-order valence-electron chi connectivity index (χ1n) is 5.24. The van der Waals surface area contributed by atoms with Crippen LogP contribution in [0.25, 0.3) is 0 Å². The lowest BCUT2D eigenvalue weighted by atomic mass is 9.81. The molecule has 0 aromatic heterocycles. The van der Waals surface area contributed by atoms with Gasteiger partial charge in [-0.3, -0.25) is 0 Å². The van der Waals surface area contributed by atoms with E-state index >= 15 is 0 Å². The minimum absolute atomic E-state index is 0.676. The van der Waals surface area contributed by atoms with Crippen molar-refractivity contribution in [1.82, 2.24) is 0 Å². The van der Waals surface area contributed by atoms with Gasteiger partial charge in [0.25, 0.3) is 0 Å². The zero-order valence-electron chi connectivity index (χ0n) is 6.85. The molecule has 5 rings (SSSR count). The Balaban J connectivity index is 1.66. The second kappa shape index (κ2) is 1.38. The predicted molar refractivity (Wildman–Crippen MR) is 40.5 cm³/mol. The Morgan fingerprint density at radius 1 is 0.750 bits per heavy atom. The third-order valence-corrected chi connectivity index (χ3v) is 4.99. The van der Waals surface area contributed by atoms with E-state index in [4.69, 9.17) is 9.47 Å². The van der Waals surface area contributed by atoms with Crippen molar-refractivity contribution in [1.29, 1.82) is 0 Å². The summed E-state index contributed by atoms with van der Waals surface area (Å²) in [6.45, 7) is 0. The molecule has 0 radical (unpaired) electrons. The first kappa shape index (κ1) is 5.61. The molecular formula is C10H12O2. The lowest BCUT2D eigenvalue weighted by Gasteiger charge is -2.22. The summed E-state index contributed by atoms with van der Waals surface area (Å²) in [5, 5.41) is 0. The second-order valence-electron chi connectivity index (χ2n) is 5.24. The maximum atomic E-state index is 5.69. The lowest BCUT2D eigenvalue weighted by Crippen LogP contribution is -2.27. The molecule has 2 nitrogen and oxygen atoms in total. The largest absolute Gasteiger partial charge is 0.369 e. The van der Waals surface area contributed by atoms with Crippen molar-refractivity contribution in [2.24, 2.45) is 23.7 Å². The molecule has 8 atom stereocenters. The Morgan fingerprint density at radius 2 is 1.67 bits per heavy atom. The second-order valence-corrected chi connectivity index (χ2v) is 5.24. The average molecular weight is 164 g/mol. The Morgan fingerprint density at radius 3 is 2.67 bits per heavy atom. The molecule has 2 heterocycles. The number of fused-ring (bicyclic) bond motifs is 10. The van der Waals surface area contributed by atoms with Gasteiger partial charge in [-0.1, -0.05) is 0 Å². The predicted octanol–water partition coefficient (Wildman–Crippen LogP) is 0.807. The highest BCUT2D eigenvalue weighted by molar-refractivity contribution is 5.21. The molecular weight excluding hydrogens is 152 g/mol. The van der Waals surface area contributed by atoms with Crippen LogP contribution in [0.2, 0.25) is 0 Å². The summed E-state index contributed by atoms with van der Waals surface area (Å²) >= 11 is 0. The average Bonchev–Trinajstić information content (AvgIpc) is 2.92. The SMILES string of the molecule is C1[C@H]2[C@@H]3C[C@H]4O[C@H]4[C@@H]3[C@@H]1[C@H]1O[C@@H]21. The van der Waals surface area contributed by atoms with Gasteiger partial charge in [-0.25, -0.2) is 0 Å². The van der Waals surface area contributed by atoms with Crippen LogP contribution in [-0.2, 0) is 9.47 Å². The maximum Gasteiger partial charge on any atom is 0.0876 e. The van der Waals surface area contributed by atoms with Crippen molar-refractivity contribution in [3.8, 4) is 0 Å². The summed E-state index contributed by atoms with van der Waals surface area (Å²) in [5.74, 6) is 3.77. The lowest BCUT2D eigenvalue weighted by molar-refractivity contribution is 0.162. The van der Waals surface area contributed by atoms with Gasteiger partial charge in [0.15, 0.2) is 0 Å². The van der Waals surface area contributed by atoms with E-state index in [2.05, 4.69) is 0 Å². The Bertz CT molecular complexity index is 273. The fourth-order valence-electron chi connectivity index (χ4n) is 4.58. The molecule has 64 valence electrons. The Labute approximate surface area is 71.2 Å². The Kier molecular flexibility index (Phi) is 0.644. The summed E-state index contributed by atoms with van der Waals surface area (Å²) in [7, 11) is 0. The van der Waals surface area contributed by atoms with Crippen LogP contribution in [-0.4, -0.2) is 24.4 Å². The van der Waals surface area contributed by atoms with Crippen LogP contribution in [0.1, 0.15) is 12.8 Å². The molecule has 0 spiro atoms. The highest BCUT2D eigenvalue weighted by atomic mass is 16.6. The van der Waals surface area contributed by atoms with E-state index in [0.29, 0.717) is 24.4 Å². The van der Waals surface area contributed by atoms with Crippen molar-refractivity contribution in [3.05, 3.63) is 0 Å². The molecule has 2 aliphatic heterocycles. The van der Waals surface area contributed by atoms with Crippen LogP contribution in [0.5, 0.6) is 0 Å². The fraction of sp³-hybridized carbons (Fsp3) is 1.00. The number of hydrogen-bond donors (Lipinski definition) is 0. The Hall–Kier alpha value is -0.0800. The zero-order chi connectivity index (χ0) is 7.45. The zero-order valence-corrected chi connectivity index (χ0v) is 6.85. The van der Waals surface area contributed by atoms with E-state index in [1.54, 1.807) is 0 Å². The molecule has 2 heteroatoms. The quantitative estimate of drug-likeness (QED) is 0.495. The van der Waals surface area contributed by atoms with Gasteiger partial charge in [-0.2, -0.15) is 0 Å². The van der Waals surface area contributed by atoms with Gasteiger partial charge in [0.1, 0.15) is 0 Å². The van der Waals surface area contributed by atoms with Gasteiger partial charge >= 0.3 is 0 Å². The summed E-state index contributed by atoms with van der Waals surface area (Å²) in [4.78, 5) is 0. The first-order chi connectivity index (χ1) is 5.93. The van der Waals surface area contributed by atoms with Crippen molar-refractivity contribution >= 4 is 0 Å². The topological polar surface area (TPSA) is 25.1 Å². The molecule has 3 saturated carbocycles. The fourth-order valence-corrected chi connectivity index (χ4v) is 4.58. The number of ether oxygens (including phenoxy) is 2. The normalized spacial score (nSPS) is 80.0. The van der Waals surface area contributed by atoms with Crippen molar-refractivity contribution < 1.29 is 9.47 Å². The standard InChI is InChI=1S/C10H12O2/c1-4-3-2-6-10(11-6)7(3)5(1)9-8(4)12-9/h3-10H,1-2H2/t3-,4-,5+,6+,7-,8-,9+,10+/m0/s1. The van der Waals surface area contributed by atoms with Gasteiger partial charge in [0.2, 0.25) is 0 Å². The van der Waals surface area contributed by atoms with E-state index in [-0.39, 0.29) is 0 Å². The molecule has 5 aliphatic rings. The van der Waals surface area contributed by atoms with Gasteiger partial charge in [0.05, 0.1) is 24.4 Å². The van der Waals surface area contributed by atoms with Crippen LogP contribution in [0.3, 0.4) is 0 Å². The van der Waals surface area contributed by atoms with Gasteiger partial charge in [-0.05, 0) is 36.5 Å². The molecule has 2 saturated heterocycles. The number of epoxide rings is 2. The monoisotopic (exact) mass is 164 g/mol. The molecule has 3 aliphatic carbocycles. The van der Waals surface area contributed by atoms with Crippen molar-refractivity contribution in [2.45, 2.75) is 37.3 Å². The molecule has 12 heavy (non-hydrogen) atoms. The highest BCUT2D eigenvalue weighted by Crippen LogP contribution is 2.69. The van der Waals surface area contributed by atoms with Crippen LogP contribution in [0.15, 0.2) is 0 Å². The third kappa shape index (κ3) is 0.409. The van der Waals surface area contributed by atoms with E-state index in [9.17, 15) is 0 Å². The smallest absolute Gasteiger partial charge is 0.0876 e. The van der Waals surface area contributed by atoms with Crippen molar-refractivity contribution in [2.75, 3.05) is 0 Å². The summed E-state index contributed by atoms with van der Waals surface area (Å²) in [5.41, 5.74) is 0. The summed E-state index contributed by atoms with van der Waals surface area (Å²) < 4.78 is 11.3. The number of rotatable bonds is 0. The van der Waals surface area contributed by atoms with E-state index in [0.717, 1.165) is 23.7 Å². The molecule has 0 aromatic carbocycles. The maximum absolute atomic E-state index is 5.69. The van der Waals surface area contributed by atoms with E-state index in [1.807, 2.05) is 0 Å². The van der Waals surface area contributed by atoms with Gasteiger partial charge < -0.3 is 9.47 Å². The van der Waals surface area contributed by atoms with Crippen LogP contribution in [0.4, 0.5) is 0 Å². The molecule has 0 aromatic rings. The van der Waals surface area contributed by atoms with Crippen LogP contribution >= 0.6 is 0 Å². The molecule has 0 unspecified atom stereocenters.